The highest BCUT2D eigenvalue weighted by atomic mass is 19.4. The van der Waals surface area contributed by atoms with E-state index in [1.807, 2.05) is 12.1 Å². The molecule has 16 heteroatoms. The minimum Gasteiger partial charge on any atom is -0.354 e. The van der Waals surface area contributed by atoms with Gasteiger partial charge in [0.25, 0.3) is 0 Å². The van der Waals surface area contributed by atoms with Crippen LogP contribution in [0.5, 0.6) is 0 Å². The summed E-state index contributed by atoms with van der Waals surface area (Å²) >= 11 is 0. The van der Waals surface area contributed by atoms with Crippen molar-refractivity contribution in [2.24, 2.45) is 0 Å². The Balaban J connectivity index is 1.50. The van der Waals surface area contributed by atoms with E-state index in [4.69, 9.17) is 9.97 Å². The molecule has 66 heavy (non-hydrogen) atoms. The minimum absolute atomic E-state index is 0.0288. The first-order valence-electron chi connectivity index (χ1n) is 20.0. The van der Waals surface area contributed by atoms with Crippen molar-refractivity contribution in [3.8, 4) is 44.5 Å². The summed E-state index contributed by atoms with van der Waals surface area (Å²) in [6.45, 7) is 0. The van der Waals surface area contributed by atoms with Crippen LogP contribution < -0.4 is 0 Å². The molecule has 0 unspecified atom stereocenters. The molecule has 8 bridgehead atoms. The normalized spacial score (nSPS) is 13.5. The monoisotopic (exact) mass is 914 g/mol. The number of fused-ring (bicyclic) bond motifs is 8. The van der Waals surface area contributed by atoms with E-state index in [9.17, 15) is 26.3 Å². The van der Waals surface area contributed by atoms with Gasteiger partial charge in [-0.2, -0.15) is 43.9 Å². The van der Waals surface area contributed by atoms with Crippen molar-refractivity contribution in [2.45, 2.75) is 36.0 Å². The molecule has 2 N–H and O–H groups in total. The van der Waals surface area contributed by atoms with Crippen molar-refractivity contribution in [3.05, 3.63) is 168 Å². The average Bonchev–Trinajstić information content (AvgIpc) is 4.15. The van der Waals surface area contributed by atoms with Crippen LogP contribution in [-0.4, -0.2) is 50.1 Å². The fraction of sp³-hybridized carbons (Fsp3) is 0.120. The number of hydrogen-bond acceptors (Lipinski definition) is 2. The van der Waals surface area contributed by atoms with Crippen molar-refractivity contribution in [1.82, 2.24) is 19.9 Å². The summed E-state index contributed by atoms with van der Waals surface area (Å²) in [4.78, 5) is 15.8. The maximum absolute atomic E-state index is 17.0. The van der Waals surface area contributed by atoms with Crippen LogP contribution in [-0.2, 0) is 5.92 Å². The zero-order valence-electron chi connectivity index (χ0n) is 33.6. The van der Waals surface area contributed by atoms with Gasteiger partial charge < -0.3 is 9.97 Å². The van der Waals surface area contributed by atoms with Crippen molar-refractivity contribution in [2.75, 3.05) is 0 Å². The van der Waals surface area contributed by atoms with E-state index in [1.54, 1.807) is 84.9 Å². The fourth-order valence-electron chi connectivity index (χ4n) is 8.08. The maximum atomic E-state index is 17.0. The molecule has 7 aromatic rings. The number of aromatic nitrogens is 4. The molecule has 5 heterocycles. The molecule has 4 aromatic carbocycles. The molecule has 9 rings (SSSR count). The Morgan fingerprint density at radius 2 is 0.758 bits per heavy atom. The standard InChI is InChI=1S/C50H30F12N4/c51-45(52)47(55,56)49(59,60)50(61,62)48(57,58)46(53,54)32-27-39-42(30-17-9-3-10-18-30)37-24-23-35(64-37)40(28-13-5-1-6-14-28)33-21-22-34(63-33)41(29-15-7-2-8-16-29)36-25-26-38(65-36)43(44(32)66-39)31-19-11-4-12-20-31/h1-27,45,64,66H. The van der Waals surface area contributed by atoms with E-state index in [-0.39, 0.29) is 33.6 Å². The van der Waals surface area contributed by atoms with Crippen LogP contribution in [0.25, 0.3) is 90.9 Å². The predicted octanol–water partition coefficient (Wildman–Crippen LogP) is 15.2. The third kappa shape index (κ3) is 6.88. The molecule has 0 amide bonds. The third-order valence-electron chi connectivity index (χ3n) is 11.3. The van der Waals surface area contributed by atoms with Gasteiger partial charge in [0.2, 0.25) is 0 Å². The Bertz CT molecular complexity index is 3200. The molecule has 2 aliphatic rings. The van der Waals surface area contributed by atoms with Crippen LogP contribution in [0.3, 0.4) is 0 Å². The Labute approximate surface area is 366 Å². The molecule has 3 aromatic heterocycles. The summed E-state index contributed by atoms with van der Waals surface area (Å²) in [6.07, 6.45) is 0.699. The minimum atomic E-state index is -7.79. The van der Waals surface area contributed by atoms with Crippen molar-refractivity contribution in [1.29, 1.82) is 0 Å². The van der Waals surface area contributed by atoms with Gasteiger partial charge in [0.15, 0.2) is 0 Å². The zero-order chi connectivity index (χ0) is 46.8. The first-order chi connectivity index (χ1) is 31.4. The summed E-state index contributed by atoms with van der Waals surface area (Å²) in [5.41, 5.74) is -0.272. The number of H-pyrrole nitrogens is 2. The van der Waals surface area contributed by atoms with Crippen molar-refractivity contribution < 1.29 is 52.7 Å². The molecule has 0 spiro atoms. The number of halogens is 12. The summed E-state index contributed by atoms with van der Waals surface area (Å²) in [5.74, 6) is -36.7. The maximum Gasteiger partial charge on any atom is 0.385 e. The second-order valence-electron chi connectivity index (χ2n) is 15.4. The predicted molar refractivity (Wildman–Crippen MR) is 230 cm³/mol. The average molecular weight is 915 g/mol. The Kier molecular flexibility index (Phi) is 10.6. The van der Waals surface area contributed by atoms with E-state index in [0.29, 0.717) is 45.2 Å². The lowest BCUT2D eigenvalue weighted by Crippen LogP contribution is -2.67. The number of alkyl halides is 12. The lowest BCUT2D eigenvalue weighted by molar-refractivity contribution is -0.415. The van der Waals surface area contributed by atoms with E-state index >= 15 is 26.3 Å². The molecule has 0 saturated carbocycles. The second-order valence-corrected chi connectivity index (χ2v) is 15.4. The highest BCUT2D eigenvalue weighted by molar-refractivity contribution is 6.01. The zero-order valence-corrected chi connectivity index (χ0v) is 33.6. The Hall–Kier alpha value is -7.36. The number of benzene rings is 4. The third-order valence-corrected chi connectivity index (χ3v) is 11.3. The van der Waals surface area contributed by atoms with Crippen LogP contribution >= 0.6 is 0 Å². The SMILES string of the molecule is FC(F)C(F)(F)C(F)(F)C(F)(F)C(F)(F)C(F)(F)c1cc2[nH]c1c(-c1ccccc1)c1nc(c(-c3ccccc3)c3nc(c(-c4ccccc4)c4ccc([nH]4)c2-c2ccccc2)C=C3)C=C1. The summed E-state index contributed by atoms with van der Waals surface area (Å²) < 4.78 is 181. The number of nitrogens with one attached hydrogen (secondary N) is 2. The highest BCUT2D eigenvalue weighted by Crippen LogP contribution is 2.61. The highest BCUT2D eigenvalue weighted by Gasteiger charge is 2.88. The number of hydrogen-bond donors (Lipinski definition) is 2. The number of rotatable bonds is 10. The summed E-state index contributed by atoms with van der Waals surface area (Å²) in [6, 6.07) is 36.1. The van der Waals surface area contributed by atoms with Gasteiger partial charge in [-0.1, -0.05) is 121 Å². The van der Waals surface area contributed by atoms with Crippen molar-refractivity contribution in [3.63, 3.8) is 0 Å². The van der Waals surface area contributed by atoms with Gasteiger partial charge in [-0.25, -0.2) is 18.7 Å². The molecule has 0 saturated heterocycles. The first kappa shape index (κ1) is 43.9. The van der Waals surface area contributed by atoms with E-state index in [1.165, 1.54) is 60.7 Å². The first-order valence-corrected chi connectivity index (χ1v) is 20.0. The van der Waals surface area contributed by atoms with Gasteiger partial charge in [-0.05, 0) is 64.8 Å². The van der Waals surface area contributed by atoms with Crippen LogP contribution in [0.2, 0.25) is 0 Å². The van der Waals surface area contributed by atoms with Crippen LogP contribution in [0, 0.1) is 0 Å². The molecule has 0 fully saturated rings. The van der Waals surface area contributed by atoms with E-state index in [2.05, 4.69) is 9.97 Å². The van der Waals surface area contributed by atoms with Gasteiger partial charge in [0.1, 0.15) is 0 Å². The van der Waals surface area contributed by atoms with Gasteiger partial charge in [0.05, 0.1) is 33.9 Å². The summed E-state index contributed by atoms with van der Waals surface area (Å²) in [5, 5.41) is 0. The number of nitrogens with zero attached hydrogens (tertiary/aromatic N) is 2. The second kappa shape index (κ2) is 16.0. The molecule has 334 valence electrons. The lowest BCUT2D eigenvalue weighted by Gasteiger charge is -2.39. The van der Waals surface area contributed by atoms with Crippen LogP contribution in [0.4, 0.5) is 52.7 Å². The molecular formula is C50H30F12N4. The Morgan fingerprint density at radius 3 is 1.21 bits per heavy atom. The van der Waals surface area contributed by atoms with Gasteiger partial charge in [-0.15, -0.1) is 0 Å². The van der Waals surface area contributed by atoms with E-state index in [0.717, 1.165) is 0 Å². The van der Waals surface area contributed by atoms with Crippen LogP contribution in [0.1, 0.15) is 28.3 Å². The van der Waals surface area contributed by atoms with Crippen molar-refractivity contribution >= 4 is 46.4 Å². The molecule has 2 aliphatic heterocycles. The molecule has 4 nitrogen and oxygen atoms in total. The van der Waals surface area contributed by atoms with Gasteiger partial charge in [-0.3, -0.25) is 0 Å². The molecular weight excluding hydrogens is 885 g/mol. The van der Waals surface area contributed by atoms with Crippen LogP contribution in [0.15, 0.2) is 140 Å². The Morgan fingerprint density at radius 1 is 0.379 bits per heavy atom. The van der Waals surface area contributed by atoms with E-state index < -0.39 is 58.2 Å². The molecule has 0 atom stereocenters. The van der Waals surface area contributed by atoms with Gasteiger partial charge in [0, 0.05) is 38.8 Å². The topological polar surface area (TPSA) is 57.4 Å². The lowest BCUT2D eigenvalue weighted by atomic mass is 9.90. The number of aromatic amines is 2. The summed E-state index contributed by atoms with van der Waals surface area (Å²) in [7, 11) is 0. The fourth-order valence-corrected chi connectivity index (χ4v) is 8.08. The smallest absolute Gasteiger partial charge is 0.354 e. The van der Waals surface area contributed by atoms with Gasteiger partial charge >= 0.3 is 36.0 Å². The largest absolute Gasteiger partial charge is 0.385 e. The quantitative estimate of drug-likeness (QED) is 0.134. The molecule has 0 aliphatic carbocycles. The molecule has 0 radical (unpaired) electrons.